The van der Waals surface area contributed by atoms with Crippen LogP contribution in [0.4, 0.5) is 0 Å². The number of hydrogen-bond acceptors (Lipinski definition) is 5. The minimum Gasteiger partial charge on any atom is -0.457 e. The quantitative estimate of drug-likeness (QED) is 0.362. The number of carbonyl (C=O) groups excluding carboxylic acids is 1. The van der Waals surface area contributed by atoms with Gasteiger partial charge in [0.2, 0.25) is 0 Å². The summed E-state index contributed by atoms with van der Waals surface area (Å²) in [7, 11) is 0. The molecule has 0 aromatic carbocycles. The van der Waals surface area contributed by atoms with Crippen LogP contribution >= 0.6 is 11.3 Å². The zero-order chi connectivity index (χ0) is 24.8. The lowest BCUT2D eigenvalue weighted by molar-refractivity contribution is -0.152. The molecule has 1 aromatic heterocycles. The summed E-state index contributed by atoms with van der Waals surface area (Å²) in [6.45, 7) is 17.4. The van der Waals surface area contributed by atoms with Crippen LogP contribution in [0.5, 0.6) is 0 Å². The van der Waals surface area contributed by atoms with E-state index in [1.807, 2.05) is 25.3 Å². The van der Waals surface area contributed by atoms with Gasteiger partial charge in [0.05, 0.1) is 23.2 Å². The normalized spacial score (nSPS) is 34.0. The lowest BCUT2D eigenvalue weighted by Gasteiger charge is -2.42. The van der Waals surface area contributed by atoms with Gasteiger partial charge in [-0.3, -0.25) is 4.79 Å². The molecule has 1 aromatic rings. The summed E-state index contributed by atoms with van der Waals surface area (Å²) in [5.74, 6) is 1.56. The minimum absolute atomic E-state index is 0.0112. The highest BCUT2D eigenvalue weighted by Crippen LogP contribution is 2.42. The first kappa shape index (κ1) is 27.8. The fraction of sp³-hybridized carbons (Fsp3) is 0.714. The molecule has 1 aliphatic rings. The van der Waals surface area contributed by atoms with Gasteiger partial charge < -0.3 is 9.84 Å². The van der Waals surface area contributed by atoms with E-state index in [4.69, 9.17) is 4.74 Å². The van der Waals surface area contributed by atoms with Crippen molar-refractivity contribution in [2.75, 3.05) is 0 Å². The molecule has 2 heterocycles. The lowest BCUT2D eigenvalue weighted by Crippen LogP contribution is -2.42. The van der Waals surface area contributed by atoms with E-state index in [0.717, 1.165) is 29.1 Å². The van der Waals surface area contributed by atoms with Crippen molar-refractivity contribution in [2.24, 2.45) is 29.1 Å². The molecule has 0 saturated carbocycles. The maximum Gasteiger partial charge on any atom is 0.309 e. The average Bonchev–Trinajstić information content (AvgIpc) is 3.16. The molecule has 0 spiro atoms. The summed E-state index contributed by atoms with van der Waals surface area (Å²) in [5, 5.41) is 14.1. The molecule has 33 heavy (non-hydrogen) atoms. The van der Waals surface area contributed by atoms with Crippen molar-refractivity contribution in [3.8, 4) is 0 Å². The molecule has 1 aliphatic heterocycles. The van der Waals surface area contributed by atoms with Gasteiger partial charge in [0.1, 0.15) is 6.10 Å². The van der Waals surface area contributed by atoms with Gasteiger partial charge in [-0.15, -0.1) is 11.3 Å². The lowest BCUT2D eigenvalue weighted by atomic mass is 9.64. The van der Waals surface area contributed by atoms with Crippen LogP contribution in [0.2, 0.25) is 0 Å². The van der Waals surface area contributed by atoms with Gasteiger partial charge in [-0.25, -0.2) is 4.98 Å². The minimum atomic E-state index is -0.750. The van der Waals surface area contributed by atoms with E-state index in [-0.39, 0.29) is 29.8 Å². The molecule has 0 saturated heterocycles. The molecule has 0 bridgehead atoms. The molecule has 6 atom stereocenters. The van der Waals surface area contributed by atoms with Crippen LogP contribution in [0.1, 0.15) is 91.3 Å². The Hall–Kier alpha value is -1.46. The molecule has 186 valence electrons. The molecular weight excluding hydrogens is 430 g/mol. The zero-order valence-corrected chi connectivity index (χ0v) is 22.7. The number of esters is 1. The van der Waals surface area contributed by atoms with Crippen molar-refractivity contribution in [3.63, 3.8) is 0 Å². The number of hydrogen-bond donors (Lipinski definition) is 1. The Morgan fingerprint density at radius 2 is 1.91 bits per heavy atom. The van der Waals surface area contributed by atoms with Gasteiger partial charge in [-0.05, 0) is 67.4 Å². The number of carbonyl (C=O) groups is 1. The highest BCUT2D eigenvalue weighted by molar-refractivity contribution is 7.09. The highest BCUT2D eigenvalue weighted by atomic mass is 32.1. The van der Waals surface area contributed by atoms with Crippen LogP contribution in [0, 0.1) is 36.0 Å². The predicted octanol–water partition coefficient (Wildman–Crippen LogP) is 7.22. The summed E-state index contributed by atoms with van der Waals surface area (Å²) in [4.78, 5) is 17.4. The Kier molecular flexibility index (Phi) is 10.4. The Morgan fingerprint density at radius 3 is 2.55 bits per heavy atom. The molecule has 2 rings (SSSR count). The average molecular weight is 476 g/mol. The first-order valence-corrected chi connectivity index (χ1v) is 13.4. The maximum absolute atomic E-state index is 12.9. The first-order valence-electron chi connectivity index (χ1n) is 12.6. The summed E-state index contributed by atoms with van der Waals surface area (Å²) in [6.07, 6.45) is 9.29. The number of rotatable bonds is 2. The largest absolute Gasteiger partial charge is 0.457 e. The number of allylic oxidation sites excluding steroid dienone is 1. The molecular formula is C28H45NO3S. The van der Waals surface area contributed by atoms with Crippen LogP contribution in [-0.2, 0) is 9.53 Å². The number of aliphatic hydroxyl groups excluding tert-OH is 1. The highest BCUT2D eigenvalue weighted by Gasteiger charge is 2.40. The third-order valence-corrected chi connectivity index (χ3v) is 9.04. The number of ether oxygens (including phenoxy) is 1. The Labute approximate surface area is 205 Å². The number of aromatic nitrogens is 1. The first-order chi connectivity index (χ1) is 15.4. The predicted molar refractivity (Wildman–Crippen MR) is 139 cm³/mol. The Morgan fingerprint density at radius 1 is 1.21 bits per heavy atom. The Balaban J connectivity index is 2.26. The SMILES string of the molecule is C/C(=C\c1csc(C)n1)[C@@H]1C/C=C\CCC[C@H](C)[C@H](C)[C@@H](C)C(C)C(C)(C)C(O)CC(=O)O1. The second-order valence-electron chi connectivity index (χ2n) is 10.8. The van der Waals surface area contributed by atoms with E-state index in [0.29, 0.717) is 24.2 Å². The van der Waals surface area contributed by atoms with Crippen LogP contribution in [0.25, 0.3) is 6.08 Å². The van der Waals surface area contributed by atoms with Gasteiger partial charge in [-0.2, -0.15) is 0 Å². The summed E-state index contributed by atoms with van der Waals surface area (Å²) in [6, 6.07) is 0. The number of aliphatic hydroxyl groups is 1. The van der Waals surface area contributed by atoms with Crippen LogP contribution < -0.4 is 0 Å². The number of nitrogens with zero attached hydrogens (tertiary/aromatic N) is 1. The third kappa shape index (κ3) is 7.78. The van der Waals surface area contributed by atoms with Crippen LogP contribution in [0.15, 0.2) is 23.1 Å². The summed E-state index contributed by atoms with van der Waals surface area (Å²) < 4.78 is 5.91. The molecule has 4 nitrogen and oxygen atoms in total. The number of cyclic esters (lactones) is 1. The van der Waals surface area contributed by atoms with E-state index in [2.05, 4.69) is 58.7 Å². The van der Waals surface area contributed by atoms with E-state index >= 15 is 0 Å². The van der Waals surface area contributed by atoms with E-state index in [1.165, 1.54) is 6.42 Å². The van der Waals surface area contributed by atoms with E-state index in [9.17, 15) is 9.90 Å². The summed E-state index contributed by atoms with van der Waals surface area (Å²) >= 11 is 1.61. The fourth-order valence-corrected chi connectivity index (χ4v) is 5.41. The molecule has 2 unspecified atom stereocenters. The van der Waals surface area contributed by atoms with E-state index in [1.54, 1.807) is 11.3 Å². The molecule has 0 fully saturated rings. The standard InChI is InChI=1S/C28H45NO3S/c1-18-13-11-9-10-12-14-25(19(2)15-24-17-33-23(6)29-24)32-27(31)16-26(30)28(7,8)22(5)21(4)20(18)3/h10,12,15,17-18,20-22,25-26,30H,9,11,13-14,16H2,1-8H3/b12-10-,19-15+/t18-,20-,21+,22?,25-,26?/m0/s1. The van der Waals surface area contributed by atoms with E-state index < -0.39 is 6.10 Å². The van der Waals surface area contributed by atoms with Gasteiger partial charge in [0.25, 0.3) is 0 Å². The molecule has 1 N–H and O–H groups in total. The van der Waals surface area contributed by atoms with Crippen molar-refractivity contribution < 1.29 is 14.6 Å². The van der Waals surface area contributed by atoms with Crippen molar-refractivity contribution in [2.45, 2.75) is 99.7 Å². The van der Waals surface area contributed by atoms with Crippen molar-refractivity contribution >= 4 is 23.4 Å². The zero-order valence-electron chi connectivity index (χ0n) is 21.9. The Bertz CT molecular complexity index is 825. The summed E-state index contributed by atoms with van der Waals surface area (Å²) in [5.41, 5.74) is 1.48. The molecule has 0 aliphatic carbocycles. The second kappa shape index (κ2) is 12.3. The van der Waals surface area contributed by atoms with Gasteiger partial charge in [0.15, 0.2) is 0 Å². The molecule has 5 heteroatoms. The smallest absolute Gasteiger partial charge is 0.309 e. The molecule has 0 amide bonds. The number of aryl methyl sites for hydroxylation is 1. The van der Waals surface area contributed by atoms with Crippen LogP contribution in [-0.4, -0.2) is 28.3 Å². The van der Waals surface area contributed by atoms with Gasteiger partial charge in [0, 0.05) is 11.8 Å². The topological polar surface area (TPSA) is 59.4 Å². The van der Waals surface area contributed by atoms with Crippen molar-refractivity contribution in [1.29, 1.82) is 0 Å². The van der Waals surface area contributed by atoms with Gasteiger partial charge >= 0.3 is 5.97 Å². The van der Waals surface area contributed by atoms with Crippen molar-refractivity contribution in [3.05, 3.63) is 33.8 Å². The second-order valence-corrected chi connectivity index (χ2v) is 11.9. The number of thiazole rings is 1. The molecule has 0 radical (unpaired) electrons. The van der Waals surface area contributed by atoms with Gasteiger partial charge in [-0.1, -0.05) is 60.1 Å². The maximum atomic E-state index is 12.9. The van der Waals surface area contributed by atoms with Crippen LogP contribution in [0.3, 0.4) is 0 Å². The monoisotopic (exact) mass is 475 g/mol. The van der Waals surface area contributed by atoms with Crippen molar-refractivity contribution in [1.82, 2.24) is 4.98 Å². The fourth-order valence-electron chi connectivity index (χ4n) is 4.84. The third-order valence-electron chi connectivity index (χ3n) is 8.25.